The van der Waals surface area contributed by atoms with Crippen LogP contribution >= 0.6 is 11.6 Å². The summed E-state index contributed by atoms with van der Waals surface area (Å²) in [5, 5.41) is 5.39. The number of nitrogens with two attached hydrogens (primary N) is 1. The number of rotatable bonds is 5. The van der Waals surface area contributed by atoms with Crippen molar-refractivity contribution < 1.29 is 9.18 Å². The van der Waals surface area contributed by atoms with Gasteiger partial charge in [-0.3, -0.25) is 0 Å². The van der Waals surface area contributed by atoms with Crippen molar-refractivity contribution >= 4 is 34.6 Å². The number of amides is 2. The standard InChI is InChI=1S/C20H19ClFN3O/c1-3-4-15(11-13(2)23)14-5-8-17(9-6-14)24-20(26)25-19-12-16(21)7-10-18(19)22/h3-12H,1,23H2,2H3,(H2,24,25,26)/b13-11-,15-4+. The Labute approximate surface area is 156 Å². The summed E-state index contributed by atoms with van der Waals surface area (Å²) in [6.07, 6.45) is 5.35. The third-order valence-electron chi connectivity index (χ3n) is 3.33. The van der Waals surface area contributed by atoms with Gasteiger partial charge in [0.15, 0.2) is 0 Å². The Balaban J connectivity index is 2.10. The van der Waals surface area contributed by atoms with Gasteiger partial charge in [-0.15, -0.1) is 0 Å². The van der Waals surface area contributed by atoms with Crippen LogP contribution in [0.2, 0.25) is 5.02 Å². The number of allylic oxidation sites excluding steroid dienone is 5. The van der Waals surface area contributed by atoms with Crippen molar-refractivity contribution in [3.63, 3.8) is 0 Å². The monoisotopic (exact) mass is 371 g/mol. The SMILES string of the molecule is C=C/C=C(\C=C(\C)N)c1ccc(NC(=O)Nc2cc(Cl)ccc2F)cc1. The Hall–Kier alpha value is -3.05. The first-order valence-corrected chi connectivity index (χ1v) is 8.17. The maximum Gasteiger partial charge on any atom is 0.323 e. The molecule has 26 heavy (non-hydrogen) atoms. The molecule has 0 saturated carbocycles. The lowest BCUT2D eigenvalue weighted by molar-refractivity contribution is 0.262. The number of carbonyl (C=O) groups excluding carboxylic acids is 1. The summed E-state index contributed by atoms with van der Waals surface area (Å²) >= 11 is 5.80. The van der Waals surface area contributed by atoms with Crippen LogP contribution in [0.5, 0.6) is 0 Å². The van der Waals surface area contributed by atoms with E-state index in [4.69, 9.17) is 17.3 Å². The van der Waals surface area contributed by atoms with Gasteiger partial charge >= 0.3 is 6.03 Å². The van der Waals surface area contributed by atoms with Gasteiger partial charge in [-0.1, -0.05) is 42.5 Å². The van der Waals surface area contributed by atoms with E-state index in [0.717, 1.165) is 11.1 Å². The molecule has 0 spiro atoms. The van der Waals surface area contributed by atoms with Gasteiger partial charge in [0, 0.05) is 16.4 Å². The van der Waals surface area contributed by atoms with Gasteiger partial charge in [-0.25, -0.2) is 9.18 Å². The lowest BCUT2D eigenvalue weighted by atomic mass is 10.0. The number of benzene rings is 2. The van der Waals surface area contributed by atoms with Crippen LogP contribution in [0.25, 0.3) is 5.57 Å². The molecule has 4 N–H and O–H groups in total. The fourth-order valence-corrected chi connectivity index (χ4v) is 2.40. The normalized spacial score (nSPS) is 11.8. The molecule has 0 fully saturated rings. The van der Waals surface area contributed by atoms with Crippen LogP contribution in [-0.2, 0) is 0 Å². The smallest absolute Gasteiger partial charge is 0.323 e. The van der Waals surface area contributed by atoms with Crippen LogP contribution in [0.3, 0.4) is 0 Å². The lowest BCUT2D eigenvalue weighted by Crippen LogP contribution is -2.20. The van der Waals surface area contributed by atoms with Crippen molar-refractivity contribution in [1.82, 2.24) is 0 Å². The fourth-order valence-electron chi connectivity index (χ4n) is 2.22. The lowest BCUT2D eigenvalue weighted by Gasteiger charge is -2.10. The van der Waals surface area contributed by atoms with Crippen molar-refractivity contribution in [3.05, 3.63) is 89.4 Å². The molecule has 2 aromatic rings. The third-order valence-corrected chi connectivity index (χ3v) is 3.57. The minimum atomic E-state index is -0.571. The zero-order valence-corrected chi connectivity index (χ0v) is 15.0. The van der Waals surface area contributed by atoms with E-state index in [1.165, 1.54) is 18.2 Å². The first-order chi connectivity index (χ1) is 12.4. The Morgan fingerprint density at radius 1 is 1.19 bits per heavy atom. The molecular weight excluding hydrogens is 353 g/mol. The van der Waals surface area contributed by atoms with Gasteiger partial charge in [0.05, 0.1) is 5.69 Å². The van der Waals surface area contributed by atoms with E-state index < -0.39 is 11.8 Å². The molecule has 0 aliphatic heterocycles. The van der Waals surface area contributed by atoms with Crippen molar-refractivity contribution in [1.29, 1.82) is 0 Å². The van der Waals surface area contributed by atoms with E-state index >= 15 is 0 Å². The van der Waals surface area contributed by atoms with Crippen LogP contribution in [0.4, 0.5) is 20.6 Å². The highest BCUT2D eigenvalue weighted by Gasteiger charge is 2.08. The molecule has 6 heteroatoms. The molecule has 2 rings (SSSR count). The summed E-state index contributed by atoms with van der Waals surface area (Å²) < 4.78 is 13.7. The Morgan fingerprint density at radius 3 is 2.50 bits per heavy atom. The number of carbonyl (C=O) groups is 1. The summed E-state index contributed by atoms with van der Waals surface area (Å²) in [6.45, 7) is 5.49. The maximum absolute atomic E-state index is 13.7. The quantitative estimate of drug-likeness (QED) is 0.603. The van der Waals surface area contributed by atoms with E-state index in [9.17, 15) is 9.18 Å². The molecule has 0 bridgehead atoms. The molecule has 4 nitrogen and oxygen atoms in total. The summed E-state index contributed by atoms with van der Waals surface area (Å²) in [7, 11) is 0. The molecule has 2 aromatic carbocycles. The molecule has 0 aromatic heterocycles. The average molecular weight is 372 g/mol. The number of halogens is 2. The highest BCUT2D eigenvalue weighted by molar-refractivity contribution is 6.30. The second kappa shape index (κ2) is 8.87. The number of hydrogen-bond donors (Lipinski definition) is 3. The van der Waals surface area contributed by atoms with Crippen molar-refractivity contribution in [2.24, 2.45) is 5.73 Å². The second-order valence-electron chi connectivity index (χ2n) is 5.53. The fraction of sp³-hybridized carbons (Fsp3) is 0.0500. The highest BCUT2D eigenvalue weighted by Crippen LogP contribution is 2.21. The van der Waals surface area contributed by atoms with Crippen molar-refractivity contribution in [2.75, 3.05) is 10.6 Å². The molecule has 134 valence electrons. The van der Waals surface area contributed by atoms with Crippen LogP contribution in [-0.4, -0.2) is 6.03 Å². The first-order valence-electron chi connectivity index (χ1n) is 7.79. The summed E-state index contributed by atoms with van der Waals surface area (Å²) in [6, 6.07) is 10.5. The second-order valence-corrected chi connectivity index (χ2v) is 5.96. The van der Waals surface area contributed by atoms with Crippen LogP contribution in [0, 0.1) is 5.82 Å². The summed E-state index contributed by atoms with van der Waals surface area (Å²) in [5.74, 6) is -0.567. The molecule has 0 heterocycles. The topological polar surface area (TPSA) is 67.1 Å². The zero-order valence-electron chi connectivity index (χ0n) is 14.2. The number of nitrogens with one attached hydrogen (secondary N) is 2. The van der Waals surface area contributed by atoms with E-state index in [-0.39, 0.29) is 5.69 Å². The molecule has 0 radical (unpaired) electrons. The minimum absolute atomic E-state index is 0.00591. The largest absolute Gasteiger partial charge is 0.402 e. The third kappa shape index (κ3) is 5.50. The van der Waals surface area contributed by atoms with Crippen LogP contribution < -0.4 is 16.4 Å². The van der Waals surface area contributed by atoms with Gasteiger partial charge < -0.3 is 16.4 Å². The van der Waals surface area contributed by atoms with Gasteiger partial charge in [0.25, 0.3) is 0 Å². The molecular formula is C20H19ClFN3O. The molecule has 0 unspecified atom stereocenters. The van der Waals surface area contributed by atoms with Gasteiger partial charge in [0.1, 0.15) is 5.82 Å². The Kier molecular flexibility index (Phi) is 6.58. The van der Waals surface area contributed by atoms with Gasteiger partial charge in [-0.05, 0) is 54.5 Å². The highest BCUT2D eigenvalue weighted by atomic mass is 35.5. The predicted molar refractivity (Wildman–Crippen MR) is 107 cm³/mol. The van der Waals surface area contributed by atoms with E-state index in [2.05, 4.69) is 17.2 Å². The predicted octanol–water partition coefficient (Wildman–Crippen LogP) is 5.56. The Morgan fingerprint density at radius 2 is 1.88 bits per heavy atom. The molecule has 0 atom stereocenters. The van der Waals surface area contributed by atoms with Crippen LogP contribution in [0.1, 0.15) is 12.5 Å². The molecule has 0 aliphatic rings. The molecule has 0 aliphatic carbocycles. The first kappa shape index (κ1) is 19.3. The summed E-state index contributed by atoms with van der Waals surface area (Å²) in [4.78, 5) is 12.0. The minimum Gasteiger partial charge on any atom is -0.402 e. The number of urea groups is 1. The van der Waals surface area contributed by atoms with E-state index in [1.807, 2.05) is 24.3 Å². The summed E-state index contributed by atoms with van der Waals surface area (Å²) in [5.41, 5.74) is 8.78. The van der Waals surface area contributed by atoms with Gasteiger partial charge in [0.2, 0.25) is 0 Å². The van der Waals surface area contributed by atoms with Crippen molar-refractivity contribution in [2.45, 2.75) is 6.92 Å². The van der Waals surface area contributed by atoms with Gasteiger partial charge in [-0.2, -0.15) is 0 Å². The zero-order chi connectivity index (χ0) is 19.1. The molecule has 2 amide bonds. The van der Waals surface area contributed by atoms with Crippen molar-refractivity contribution in [3.8, 4) is 0 Å². The maximum atomic E-state index is 13.7. The number of hydrogen-bond acceptors (Lipinski definition) is 2. The average Bonchev–Trinajstić information content (AvgIpc) is 2.58. The van der Waals surface area contributed by atoms with E-state index in [0.29, 0.717) is 16.4 Å². The van der Waals surface area contributed by atoms with Crippen LogP contribution in [0.15, 0.2) is 73.0 Å². The Bertz CT molecular complexity index is 869. The van der Waals surface area contributed by atoms with E-state index in [1.54, 1.807) is 25.1 Å². The number of anilines is 2. The molecule has 0 saturated heterocycles.